The van der Waals surface area contributed by atoms with E-state index in [1.54, 1.807) is 6.20 Å². The zero-order valence-electron chi connectivity index (χ0n) is 16.4. The SMILES string of the molecule is Cc1ccc2nc(-c3ccc(C#Cc4ccccn4)o3)c(NC3CCCC3)n2c1. The number of aryl methyl sites for hydroxylation is 1. The van der Waals surface area contributed by atoms with E-state index in [9.17, 15) is 0 Å². The van der Waals surface area contributed by atoms with E-state index in [1.807, 2.05) is 36.4 Å². The lowest BCUT2D eigenvalue weighted by atomic mass is 10.2. The van der Waals surface area contributed by atoms with Gasteiger partial charge < -0.3 is 9.73 Å². The normalized spacial score (nSPS) is 14.1. The van der Waals surface area contributed by atoms with Crippen molar-refractivity contribution in [3.8, 4) is 23.3 Å². The number of nitrogens with zero attached hydrogens (tertiary/aromatic N) is 3. The highest BCUT2D eigenvalue weighted by molar-refractivity contribution is 5.74. The Morgan fingerprint density at radius 3 is 2.79 bits per heavy atom. The Bertz CT molecular complexity index is 1200. The molecule has 1 saturated carbocycles. The molecule has 4 heterocycles. The van der Waals surface area contributed by atoms with Gasteiger partial charge in [0.25, 0.3) is 0 Å². The molecule has 5 nitrogen and oxygen atoms in total. The van der Waals surface area contributed by atoms with Crippen LogP contribution in [0.15, 0.2) is 59.3 Å². The predicted molar refractivity (Wildman–Crippen MR) is 114 cm³/mol. The topological polar surface area (TPSA) is 55.4 Å². The fourth-order valence-electron chi connectivity index (χ4n) is 3.82. The average molecular weight is 382 g/mol. The largest absolute Gasteiger partial charge is 0.446 e. The summed E-state index contributed by atoms with van der Waals surface area (Å²) in [6.07, 6.45) is 8.79. The second-order valence-corrected chi connectivity index (χ2v) is 7.50. The van der Waals surface area contributed by atoms with Gasteiger partial charge in [-0.1, -0.05) is 25.0 Å². The monoisotopic (exact) mass is 382 g/mol. The standard InChI is InChI=1S/C24H22N4O/c1-17-9-14-22-27-23(24(28(22)16-17)26-19-7-2-3-8-19)21-13-12-20(29-21)11-10-18-6-4-5-15-25-18/h4-6,9,12-16,19,26H,2-3,7-8H2,1H3. The summed E-state index contributed by atoms with van der Waals surface area (Å²) in [6.45, 7) is 2.09. The maximum atomic E-state index is 6.04. The highest BCUT2D eigenvalue weighted by Gasteiger charge is 2.22. The van der Waals surface area contributed by atoms with Crippen LogP contribution in [-0.2, 0) is 0 Å². The van der Waals surface area contributed by atoms with Crippen LogP contribution in [0.2, 0.25) is 0 Å². The van der Waals surface area contributed by atoms with Gasteiger partial charge in [0.05, 0.1) is 0 Å². The molecule has 29 heavy (non-hydrogen) atoms. The van der Waals surface area contributed by atoms with Crippen LogP contribution in [0, 0.1) is 18.8 Å². The van der Waals surface area contributed by atoms with Crippen LogP contribution in [0.25, 0.3) is 17.1 Å². The lowest BCUT2D eigenvalue weighted by molar-refractivity contribution is 0.567. The van der Waals surface area contributed by atoms with Gasteiger partial charge in [0.1, 0.15) is 22.9 Å². The Balaban J connectivity index is 1.53. The number of pyridine rings is 2. The number of rotatable bonds is 3. The molecule has 0 atom stereocenters. The molecule has 0 spiro atoms. The van der Waals surface area contributed by atoms with Crippen LogP contribution < -0.4 is 5.32 Å². The second kappa shape index (κ2) is 7.48. The number of anilines is 1. The molecule has 0 saturated heterocycles. The minimum Gasteiger partial charge on any atom is -0.446 e. The molecule has 4 aromatic heterocycles. The molecule has 1 fully saturated rings. The first-order valence-corrected chi connectivity index (χ1v) is 10.0. The van der Waals surface area contributed by atoms with Crippen molar-refractivity contribution in [2.45, 2.75) is 38.6 Å². The molecular formula is C24H22N4O. The van der Waals surface area contributed by atoms with Crippen molar-refractivity contribution in [1.82, 2.24) is 14.4 Å². The number of imidazole rings is 1. The van der Waals surface area contributed by atoms with Crippen molar-refractivity contribution in [2.24, 2.45) is 0 Å². The molecule has 1 aliphatic rings. The van der Waals surface area contributed by atoms with Crippen molar-refractivity contribution in [3.63, 3.8) is 0 Å². The summed E-state index contributed by atoms with van der Waals surface area (Å²) >= 11 is 0. The summed E-state index contributed by atoms with van der Waals surface area (Å²) in [6, 6.07) is 14.1. The molecule has 4 aromatic rings. The van der Waals surface area contributed by atoms with Crippen molar-refractivity contribution in [2.75, 3.05) is 5.32 Å². The number of furan rings is 1. The molecule has 5 rings (SSSR count). The van der Waals surface area contributed by atoms with Crippen LogP contribution in [0.1, 0.15) is 42.7 Å². The smallest absolute Gasteiger partial charge is 0.178 e. The third kappa shape index (κ3) is 3.62. The molecule has 5 heteroatoms. The highest BCUT2D eigenvalue weighted by atomic mass is 16.3. The van der Waals surface area contributed by atoms with E-state index in [0.717, 1.165) is 28.6 Å². The summed E-state index contributed by atoms with van der Waals surface area (Å²) in [5.41, 5.74) is 3.64. The van der Waals surface area contributed by atoms with Gasteiger partial charge in [0.15, 0.2) is 11.5 Å². The summed E-state index contributed by atoms with van der Waals surface area (Å²) in [5.74, 6) is 8.41. The fourth-order valence-corrected chi connectivity index (χ4v) is 3.82. The number of nitrogens with one attached hydrogen (secondary N) is 1. The third-order valence-electron chi connectivity index (χ3n) is 5.28. The summed E-state index contributed by atoms with van der Waals surface area (Å²) in [4.78, 5) is 9.07. The lowest BCUT2D eigenvalue weighted by Gasteiger charge is -2.14. The van der Waals surface area contributed by atoms with Gasteiger partial charge in [-0.15, -0.1) is 0 Å². The summed E-state index contributed by atoms with van der Waals surface area (Å²) < 4.78 is 8.17. The molecule has 0 radical (unpaired) electrons. The molecule has 1 aliphatic carbocycles. The summed E-state index contributed by atoms with van der Waals surface area (Å²) in [7, 11) is 0. The molecule has 0 aliphatic heterocycles. The van der Waals surface area contributed by atoms with Gasteiger partial charge >= 0.3 is 0 Å². The van der Waals surface area contributed by atoms with Gasteiger partial charge in [-0.3, -0.25) is 4.40 Å². The van der Waals surface area contributed by atoms with E-state index in [-0.39, 0.29) is 0 Å². The van der Waals surface area contributed by atoms with Gasteiger partial charge in [0.2, 0.25) is 0 Å². The van der Waals surface area contributed by atoms with E-state index < -0.39 is 0 Å². The van der Waals surface area contributed by atoms with E-state index in [4.69, 9.17) is 9.40 Å². The average Bonchev–Trinajstić information content (AvgIpc) is 3.48. The fraction of sp³-hybridized carbons (Fsp3) is 0.250. The van der Waals surface area contributed by atoms with Crippen molar-refractivity contribution >= 4 is 11.5 Å². The Morgan fingerprint density at radius 2 is 1.97 bits per heavy atom. The summed E-state index contributed by atoms with van der Waals surface area (Å²) in [5, 5.41) is 3.72. The van der Waals surface area contributed by atoms with Crippen LogP contribution in [-0.4, -0.2) is 20.4 Å². The first-order chi connectivity index (χ1) is 14.3. The molecule has 0 unspecified atom stereocenters. The minimum atomic E-state index is 0.479. The van der Waals surface area contributed by atoms with Crippen molar-refractivity contribution in [1.29, 1.82) is 0 Å². The Hall–Kier alpha value is -3.52. The number of aromatic nitrogens is 3. The van der Waals surface area contributed by atoms with Gasteiger partial charge in [-0.2, -0.15) is 0 Å². The van der Waals surface area contributed by atoms with Crippen molar-refractivity contribution in [3.05, 3.63) is 71.9 Å². The maximum absolute atomic E-state index is 6.04. The Labute approximate surface area is 169 Å². The molecular weight excluding hydrogens is 360 g/mol. The first kappa shape index (κ1) is 17.6. The molecule has 144 valence electrons. The maximum Gasteiger partial charge on any atom is 0.178 e. The Morgan fingerprint density at radius 1 is 1.07 bits per heavy atom. The van der Waals surface area contributed by atoms with Gasteiger partial charge in [-0.05, 0) is 67.5 Å². The van der Waals surface area contributed by atoms with Gasteiger partial charge in [0, 0.05) is 18.4 Å². The highest BCUT2D eigenvalue weighted by Crippen LogP contribution is 2.33. The van der Waals surface area contributed by atoms with E-state index in [0.29, 0.717) is 11.8 Å². The minimum absolute atomic E-state index is 0.479. The van der Waals surface area contributed by atoms with E-state index in [1.165, 1.54) is 31.2 Å². The number of hydrogen-bond donors (Lipinski definition) is 1. The van der Waals surface area contributed by atoms with Crippen LogP contribution in [0.3, 0.4) is 0 Å². The van der Waals surface area contributed by atoms with E-state index >= 15 is 0 Å². The predicted octanol–water partition coefficient (Wildman–Crippen LogP) is 5.05. The second-order valence-electron chi connectivity index (χ2n) is 7.50. The third-order valence-corrected chi connectivity index (χ3v) is 5.28. The van der Waals surface area contributed by atoms with Gasteiger partial charge in [-0.25, -0.2) is 9.97 Å². The molecule has 0 amide bonds. The quantitative estimate of drug-likeness (QED) is 0.504. The first-order valence-electron chi connectivity index (χ1n) is 10.0. The van der Waals surface area contributed by atoms with Crippen LogP contribution in [0.4, 0.5) is 5.82 Å². The van der Waals surface area contributed by atoms with Crippen LogP contribution in [0.5, 0.6) is 0 Å². The molecule has 0 aromatic carbocycles. The molecule has 0 bridgehead atoms. The molecule has 1 N–H and O–H groups in total. The zero-order valence-corrected chi connectivity index (χ0v) is 16.4. The Kier molecular flexibility index (Phi) is 4.53. The number of fused-ring (bicyclic) bond motifs is 1. The lowest BCUT2D eigenvalue weighted by Crippen LogP contribution is -2.16. The van der Waals surface area contributed by atoms with E-state index in [2.05, 4.69) is 45.7 Å². The zero-order chi connectivity index (χ0) is 19.6. The van der Waals surface area contributed by atoms with Crippen molar-refractivity contribution < 1.29 is 4.42 Å². The van der Waals surface area contributed by atoms with Crippen LogP contribution >= 0.6 is 0 Å². The number of hydrogen-bond acceptors (Lipinski definition) is 4.